The van der Waals surface area contributed by atoms with Gasteiger partial charge in [-0.3, -0.25) is 14.2 Å². The van der Waals surface area contributed by atoms with Crippen molar-refractivity contribution in [2.45, 2.75) is 26.4 Å². The number of hydrogen-bond acceptors (Lipinski definition) is 3. The molecule has 3 rings (SSSR count). The van der Waals surface area contributed by atoms with Gasteiger partial charge in [0.1, 0.15) is 6.04 Å². The van der Waals surface area contributed by atoms with Crippen LogP contribution < -0.4 is 5.32 Å². The number of nitrogens with zero attached hydrogens (tertiary/aromatic N) is 4. The number of benzene rings is 1. The zero-order valence-corrected chi connectivity index (χ0v) is 15.3. The molecular formula is C17H17Cl2N5O. The number of nitrogens with one attached hydrogen (secondary N) is 1. The Labute approximate surface area is 155 Å². The van der Waals surface area contributed by atoms with Crippen LogP contribution in [0.25, 0.3) is 0 Å². The molecule has 1 amide bonds. The number of anilines is 1. The summed E-state index contributed by atoms with van der Waals surface area (Å²) in [6.45, 7) is 4.18. The first-order valence-electron chi connectivity index (χ1n) is 7.71. The van der Waals surface area contributed by atoms with Gasteiger partial charge in [-0.05, 0) is 31.5 Å². The molecule has 0 aliphatic heterocycles. The van der Waals surface area contributed by atoms with E-state index in [1.54, 1.807) is 28.7 Å². The fraction of sp³-hybridized carbons (Fsp3) is 0.235. The maximum atomic E-state index is 12.4. The van der Waals surface area contributed by atoms with Gasteiger partial charge in [-0.25, -0.2) is 0 Å². The van der Waals surface area contributed by atoms with Gasteiger partial charge in [0.15, 0.2) is 0 Å². The van der Waals surface area contributed by atoms with Gasteiger partial charge in [0, 0.05) is 11.2 Å². The standard InChI is InChI=1S/C17H17Cl2N5O/c1-11-16(19)8-21-24(11)12(2)17(25)22-15-7-20-23(10-15)9-13-3-5-14(18)6-4-13/h3-8,10,12H,9H2,1-2H3,(H,22,25). The lowest BCUT2D eigenvalue weighted by Crippen LogP contribution is -2.25. The largest absolute Gasteiger partial charge is 0.322 e. The number of carbonyl (C=O) groups is 1. The molecule has 2 aromatic heterocycles. The second-order valence-electron chi connectivity index (χ2n) is 5.74. The van der Waals surface area contributed by atoms with E-state index in [2.05, 4.69) is 15.5 Å². The number of halogens is 2. The molecule has 8 heteroatoms. The second-order valence-corrected chi connectivity index (χ2v) is 6.58. The van der Waals surface area contributed by atoms with Gasteiger partial charge < -0.3 is 5.32 Å². The summed E-state index contributed by atoms with van der Waals surface area (Å²) in [5.41, 5.74) is 2.45. The van der Waals surface area contributed by atoms with Gasteiger partial charge in [0.2, 0.25) is 5.91 Å². The number of carbonyl (C=O) groups excluding carboxylic acids is 1. The fourth-order valence-corrected chi connectivity index (χ4v) is 2.70. The summed E-state index contributed by atoms with van der Waals surface area (Å²) < 4.78 is 3.34. The summed E-state index contributed by atoms with van der Waals surface area (Å²) in [7, 11) is 0. The van der Waals surface area contributed by atoms with Crippen LogP contribution in [0.3, 0.4) is 0 Å². The van der Waals surface area contributed by atoms with Gasteiger partial charge in [-0.1, -0.05) is 35.3 Å². The van der Waals surface area contributed by atoms with Crippen molar-refractivity contribution in [3.8, 4) is 0 Å². The molecule has 0 aliphatic rings. The molecule has 1 aromatic carbocycles. The van der Waals surface area contributed by atoms with E-state index in [4.69, 9.17) is 23.2 Å². The molecule has 6 nitrogen and oxygen atoms in total. The third-order valence-electron chi connectivity index (χ3n) is 3.89. The molecule has 0 radical (unpaired) electrons. The smallest absolute Gasteiger partial charge is 0.249 e. The molecule has 3 aromatic rings. The van der Waals surface area contributed by atoms with E-state index in [0.29, 0.717) is 22.3 Å². The molecule has 0 spiro atoms. The van der Waals surface area contributed by atoms with Crippen LogP contribution >= 0.6 is 23.2 Å². The molecule has 25 heavy (non-hydrogen) atoms. The first-order chi connectivity index (χ1) is 11.9. The van der Waals surface area contributed by atoms with Crippen LogP contribution in [-0.4, -0.2) is 25.5 Å². The average Bonchev–Trinajstić information content (AvgIpc) is 3.16. The third-order valence-corrected chi connectivity index (χ3v) is 4.51. The quantitative estimate of drug-likeness (QED) is 0.731. The topological polar surface area (TPSA) is 64.7 Å². The maximum absolute atomic E-state index is 12.4. The average molecular weight is 378 g/mol. The van der Waals surface area contributed by atoms with Gasteiger partial charge in [0.25, 0.3) is 0 Å². The Morgan fingerprint density at radius 2 is 1.92 bits per heavy atom. The molecule has 0 saturated heterocycles. The number of amides is 1. The fourth-order valence-electron chi connectivity index (χ4n) is 2.44. The Morgan fingerprint density at radius 1 is 1.20 bits per heavy atom. The van der Waals surface area contributed by atoms with E-state index in [1.807, 2.05) is 31.2 Å². The van der Waals surface area contributed by atoms with Gasteiger partial charge in [-0.2, -0.15) is 10.2 Å². The summed E-state index contributed by atoms with van der Waals surface area (Å²) in [5.74, 6) is -0.186. The highest BCUT2D eigenvalue weighted by molar-refractivity contribution is 6.31. The van der Waals surface area contributed by atoms with E-state index in [1.165, 1.54) is 6.20 Å². The van der Waals surface area contributed by atoms with Crippen molar-refractivity contribution in [1.29, 1.82) is 0 Å². The highest BCUT2D eigenvalue weighted by Crippen LogP contribution is 2.19. The number of hydrogen-bond donors (Lipinski definition) is 1. The highest BCUT2D eigenvalue weighted by atomic mass is 35.5. The lowest BCUT2D eigenvalue weighted by molar-refractivity contribution is -0.119. The maximum Gasteiger partial charge on any atom is 0.249 e. The van der Waals surface area contributed by atoms with E-state index in [9.17, 15) is 4.79 Å². The Morgan fingerprint density at radius 3 is 2.56 bits per heavy atom. The first kappa shape index (κ1) is 17.5. The summed E-state index contributed by atoms with van der Waals surface area (Å²) in [5, 5.41) is 12.5. The highest BCUT2D eigenvalue weighted by Gasteiger charge is 2.19. The van der Waals surface area contributed by atoms with Crippen molar-refractivity contribution in [2.75, 3.05) is 5.32 Å². The molecule has 0 aliphatic carbocycles. The Balaban J connectivity index is 1.65. The zero-order chi connectivity index (χ0) is 18.0. The molecule has 130 valence electrons. The van der Waals surface area contributed by atoms with Crippen LogP contribution in [0, 0.1) is 6.92 Å². The van der Waals surface area contributed by atoms with Crippen LogP contribution in [-0.2, 0) is 11.3 Å². The summed E-state index contributed by atoms with van der Waals surface area (Å²) in [6.07, 6.45) is 4.93. The number of aromatic nitrogens is 4. The third kappa shape index (κ3) is 4.03. The SMILES string of the molecule is Cc1c(Cl)cnn1C(C)C(=O)Nc1cnn(Cc2ccc(Cl)cc2)c1. The molecule has 0 fully saturated rings. The second kappa shape index (κ2) is 7.29. The molecule has 1 atom stereocenters. The van der Waals surface area contributed by atoms with E-state index < -0.39 is 6.04 Å². The van der Waals surface area contributed by atoms with Crippen LogP contribution in [0.1, 0.15) is 24.2 Å². The molecule has 1 N–H and O–H groups in total. The van der Waals surface area contributed by atoms with Gasteiger partial charge in [0.05, 0.1) is 35.3 Å². The summed E-state index contributed by atoms with van der Waals surface area (Å²) in [4.78, 5) is 12.4. The van der Waals surface area contributed by atoms with Crippen LogP contribution in [0.5, 0.6) is 0 Å². The van der Waals surface area contributed by atoms with Crippen LogP contribution in [0.2, 0.25) is 10.0 Å². The predicted molar refractivity (Wildman–Crippen MR) is 98.1 cm³/mol. The molecule has 0 saturated carbocycles. The first-order valence-corrected chi connectivity index (χ1v) is 8.47. The van der Waals surface area contributed by atoms with Crippen LogP contribution in [0.15, 0.2) is 42.9 Å². The van der Waals surface area contributed by atoms with Gasteiger partial charge >= 0.3 is 0 Å². The normalized spacial score (nSPS) is 12.2. The Hall–Kier alpha value is -2.31. The summed E-state index contributed by atoms with van der Waals surface area (Å²) in [6, 6.07) is 7.07. The molecule has 2 heterocycles. The molecule has 0 bridgehead atoms. The Bertz CT molecular complexity index is 885. The monoisotopic (exact) mass is 377 g/mol. The summed E-state index contributed by atoms with van der Waals surface area (Å²) >= 11 is 11.9. The van der Waals surface area contributed by atoms with Crippen molar-refractivity contribution in [1.82, 2.24) is 19.6 Å². The predicted octanol–water partition coefficient (Wildman–Crippen LogP) is 3.94. The lowest BCUT2D eigenvalue weighted by atomic mass is 10.2. The van der Waals surface area contributed by atoms with E-state index in [-0.39, 0.29) is 5.91 Å². The minimum Gasteiger partial charge on any atom is -0.322 e. The minimum absolute atomic E-state index is 0.186. The Kier molecular flexibility index (Phi) is 5.11. The zero-order valence-electron chi connectivity index (χ0n) is 13.8. The van der Waals surface area contributed by atoms with E-state index in [0.717, 1.165) is 11.3 Å². The van der Waals surface area contributed by atoms with Crippen molar-refractivity contribution in [2.24, 2.45) is 0 Å². The van der Waals surface area contributed by atoms with Crippen molar-refractivity contribution in [3.63, 3.8) is 0 Å². The van der Waals surface area contributed by atoms with Crippen molar-refractivity contribution in [3.05, 3.63) is 64.2 Å². The molecule has 1 unspecified atom stereocenters. The van der Waals surface area contributed by atoms with Gasteiger partial charge in [-0.15, -0.1) is 0 Å². The lowest BCUT2D eigenvalue weighted by Gasteiger charge is -2.13. The van der Waals surface area contributed by atoms with Crippen molar-refractivity contribution < 1.29 is 4.79 Å². The van der Waals surface area contributed by atoms with E-state index >= 15 is 0 Å². The number of rotatable bonds is 5. The molecular weight excluding hydrogens is 361 g/mol. The van der Waals surface area contributed by atoms with Crippen molar-refractivity contribution >= 4 is 34.8 Å². The van der Waals surface area contributed by atoms with Crippen LogP contribution in [0.4, 0.5) is 5.69 Å². The minimum atomic E-state index is -0.480.